The Morgan fingerprint density at radius 1 is 1.15 bits per heavy atom. The number of aliphatic hydroxyl groups is 1. The van der Waals surface area contributed by atoms with Crippen LogP contribution in [0.5, 0.6) is 5.75 Å². The van der Waals surface area contributed by atoms with Gasteiger partial charge < -0.3 is 10.2 Å². The molecule has 1 atom stereocenters. The largest absolute Gasteiger partial charge is 0.508 e. The van der Waals surface area contributed by atoms with E-state index in [0.29, 0.717) is 6.92 Å². The zero-order chi connectivity index (χ0) is 15.9. The summed E-state index contributed by atoms with van der Waals surface area (Å²) >= 11 is 5.73. The van der Waals surface area contributed by atoms with Crippen molar-refractivity contribution in [1.29, 1.82) is 0 Å². The standard InChI is InChI=1S/C13H15ClF4O2/c1-11(2,6-12(3,20)13(16,17)18)9-8(19)5-4-7(15)10(9)14/h4-5,19-20H,6H2,1-3H3. The lowest BCUT2D eigenvalue weighted by Gasteiger charge is -2.36. The van der Waals surface area contributed by atoms with Crippen LogP contribution in [0.3, 0.4) is 0 Å². The third kappa shape index (κ3) is 3.17. The smallest absolute Gasteiger partial charge is 0.416 e. The zero-order valence-corrected chi connectivity index (χ0v) is 11.9. The van der Waals surface area contributed by atoms with Gasteiger partial charge in [0.05, 0.1) is 5.02 Å². The van der Waals surface area contributed by atoms with E-state index < -0.39 is 40.2 Å². The van der Waals surface area contributed by atoms with E-state index in [1.54, 1.807) is 0 Å². The summed E-state index contributed by atoms with van der Waals surface area (Å²) in [6, 6.07) is 1.93. The van der Waals surface area contributed by atoms with Crippen molar-refractivity contribution in [3.63, 3.8) is 0 Å². The molecular formula is C13H15ClF4O2. The van der Waals surface area contributed by atoms with Crippen LogP contribution in [-0.2, 0) is 5.41 Å². The van der Waals surface area contributed by atoms with Gasteiger partial charge in [-0.25, -0.2) is 4.39 Å². The van der Waals surface area contributed by atoms with Crippen LogP contribution in [0.15, 0.2) is 12.1 Å². The number of benzene rings is 1. The van der Waals surface area contributed by atoms with Crippen molar-refractivity contribution in [2.75, 3.05) is 0 Å². The fourth-order valence-corrected chi connectivity index (χ4v) is 2.65. The molecule has 0 amide bonds. The zero-order valence-electron chi connectivity index (χ0n) is 11.1. The van der Waals surface area contributed by atoms with Gasteiger partial charge in [-0.05, 0) is 30.9 Å². The van der Waals surface area contributed by atoms with Crippen molar-refractivity contribution in [3.05, 3.63) is 28.5 Å². The van der Waals surface area contributed by atoms with Gasteiger partial charge in [-0.1, -0.05) is 25.4 Å². The maximum atomic E-state index is 13.4. The molecule has 0 bridgehead atoms. The van der Waals surface area contributed by atoms with E-state index in [0.717, 1.165) is 12.1 Å². The Hall–Kier alpha value is -1.01. The van der Waals surface area contributed by atoms with Crippen LogP contribution in [0, 0.1) is 5.82 Å². The van der Waals surface area contributed by atoms with Gasteiger partial charge in [-0.3, -0.25) is 0 Å². The summed E-state index contributed by atoms with van der Waals surface area (Å²) in [5.41, 5.74) is -4.54. The lowest BCUT2D eigenvalue weighted by molar-refractivity contribution is -0.259. The fourth-order valence-electron chi connectivity index (χ4n) is 2.23. The molecule has 7 heteroatoms. The van der Waals surface area contributed by atoms with Crippen molar-refractivity contribution in [2.45, 2.75) is 44.4 Å². The topological polar surface area (TPSA) is 40.5 Å². The minimum absolute atomic E-state index is 0.163. The Morgan fingerprint density at radius 3 is 2.10 bits per heavy atom. The molecule has 0 fully saturated rings. The van der Waals surface area contributed by atoms with E-state index >= 15 is 0 Å². The highest BCUT2D eigenvalue weighted by molar-refractivity contribution is 6.31. The molecule has 0 aliphatic carbocycles. The Bertz CT molecular complexity index is 510. The molecule has 0 heterocycles. The predicted octanol–water partition coefficient (Wildman–Crippen LogP) is 4.17. The number of halogens is 5. The molecule has 114 valence electrons. The molecule has 20 heavy (non-hydrogen) atoms. The fraction of sp³-hybridized carbons (Fsp3) is 0.538. The second-order valence-corrected chi connectivity index (χ2v) is 5.97. The van der Waals surface area contributed by atoms with E-state index in [1.807, 2.05) is 0 Å². The maximum Gasteiger partial charge on any atom is 0.416 e. The van der Waals surface area contributed by atoms with Crippen molar-refractivity contribution in [1.82, 2.24) is 0 Å². The lowest BCUT2D eigenvalue weighted by Crippen LogP contribution is -2.46. The molecule has 2 N–H and O–H groups in total. The first-order valence-corrected chi connectivity index (χ1v) is 6.14. The van der Waals surface area contributed by atoms with Gasteiger partial charge in [0, 0.05) is 5.56 Å². The number of hydrogen-bond acceptors (Lipinski definition) is 2. The molecule has 2 nitrogen and oxygen atoms in total. The first kappa shape index (κ1) is 17.0. The van der Waals surface area contributed by atoms with E-state index in [1.165, 1.54) is 13.8 Å². The SMILES string of the molecule is CC(C)(CC(C)(O)C(F)(F)F)c1c(O)ccc(F)c1Cl. The second kappa shape index (κ2) is 5.07. The number of rotatable bonds is 3. The minimum atomic E-state index is -4.85. The highest BCUT2D eigenvalue weighted by atomic mass is 35.5. The summed E-state index contributed by atoms with van der Waals surface area (Å²) in [4.78, 5) is 0. The summed E-state index contributed by atoms with van der Waals surface area (Å²) in [7, 11) is 0. The molecule has 0 aromatic heterocycles. The summed E-state index contributed by atoms with van der Waals surface area (Å²) in [6.45, 7) is 3.31. The predicted molar refractivity (Wildman–Crippen MR) is 67.4 cm³/mol. The molecule has 0 saturated carbocycles. The van der Waals surface area contributed by atoms with Crippen molar-refractivity contribution < 1.29 is 27.8 Å². The Morgan fingerprint density at radius 2 is 1.65 bits per heavy atom. The summed E-state index contributed by atoms with van der Waals surface area (Å²) in [5, 5.41) is 18.8. The van der Waals surface area contributed by atoms with Gasteiger partial charge in [0.2, 0.25) is 0 Å². The number of phenolic OH excluding ortho intramolecular Hbond substituents is 1. The molecule has 0 radical (unpaired) electrons. The third-order valence-corrected chi connectivity index (χ3v) is 3.52. The molecular weight excluding hydrogens is 300 g/mol. The highest BCUT2D eigenvalue weighted by Crippen LogP contribution is 2.45. The van der Waals surface area contributed by atoms with E-state index in [-0.39, 0.29) is 5.56 Å². The maximum absolute atomic E-state index is 13.4. The molecule has 0 aliphatic heterocycles. The number of aromatic hydroxyl groups is 1. The van der Waals surface area contributed by atoms with E-state index in [4.69, 9.17) is 11.6 Å². The molecule has 0 spiro atoms. The van der Waals surface area contributed by atoms with Crippen LogP contribution < -0.4 is 0 Å². The average molecular weight is 315 g/mol. The van der Waals surface area contributed by atoms with Crippen molar-refractivity contribution >= 4 is 11.6 Å². The van der Waals surface area contributed by atoms with Crippen molar-refractivity contribution in [2.24, 2.45) is 0 Å². The normalized spacial score (nSPS) is 16.1. The van der Waals surface area contributed by atoms with Crippen LogP contribution >= 0.6 is 11.6 Å². The Balaban J connectivity index is 3.29. The van der Waals surface area contributed by atoms with Crippen LogP contribution in [0.2, 0.25) is 5.02 Å². The number of phenols is 1. The molecule has 1 rings (SSSR count). The van der Waals surface area contributed by atoms with Crippen LogP contribution in [0.1, 0.15) is 32.8 Å². The minimum Gasteiger partial charge on any atom is -0.508 e. The molecule has 0 saturated heterocycles. The summed E-state index contributed by atoms with van der Waals surface area (Å²) < 4.78 is 51.6. The number of hydrogen-bond donors (Lipinski definition) is 2. The average Bonchev–Trinajstić information content (AvgIpc) is 2.20. The summed E-state index contributed by atoms with van der Waals surface area (Å²) in [6.07, 6.45) is -5.63. The number of alkyl halides is 3. The van der Waals surface area contributed by atoms with E-state index in [2.05, 4.69) is 0 Å². The van der Waals surface area contributed by atoms with Gasteiger partial charge in [0.1, 0.15) is 11.6 Å². The van der Waals surface area contributed by atoms with Crippen LogP contribution in [0.4, 0.5) is 17.6 Å². The van der Waals surface area contributed by atoms with Crippen LogP contribution in [0.25, 0.3) is 0 Å². The van der Waals surface area contributed by atoms with Gasteiger partial charge in [0.25, 0.3) is 0 Å². The lowest BCUT2D eigenvalue weighted by atomic mass is 9.75. The van der Waals surface area contributed by atoms with Gasteiger partial charge >= 0.3 is 6.18 Å². The first-order valence-electron chi connectivity index (χ1n) is 5.76. The molecule has 1 aromatic rings. The Kier molecular flexibility index (Phi) is 4.32. The quantitative estimate of drug-likeness (QED) is 0.822. The summed E-state index contributed by atoms with van der Waals surface area (Å²) in [5.74, 6) is -1.27. The first-order chi connectivity index (χ1) is 8.79. The molecule has 1 unspecified atom stereocenters. The Labute approximate surface area is 119 Å². The molecule has 1 aromatic carbocycles. The van der Waals surface area contributed by atoms with Gasteiger partial charge in [-0.2, -0.15) is 13.2 Å². The molecule has 0 aliphatic rings. The third-order valence-electron chi connectivity index (χ3n) is 3.15. The highest BCUT2D eigenvalue weighted by Gasteiger charge is 2.53. The van der Waals surface area contributed by atoms with E-state index in [9.17, 15) is 27.8 Å². The monoisotopic (exact) mass is 314 g/mol. The second-order valence-electron chi connectivity index (χ2n) is 5.59. The van der Waals surface area contributed by atoms with Crippen molar-refractivity contribution in [3.8, 4) is 5.75 Å². The van der Waals surface area contributed by atoms with Crippen LogP contribution in [-0.4, -0.2) is 22.0 Å². The van der Waals surface area contributed by atoms with Gasteiger partial charge in [-0.15, -0.1) is 0 Å². The van der Waals surface area contributed by atoms with Gasteiger partial charge in [0.15, 0.2) is 5.60 Å².